The second kappa shape index (κ2) is 13.6. The molecule has 0 atom stereocenters. The number of amides is 3. The van der Waals surface area contributed by atoms with Crippen molar-refractivity contribution < 1.29 is 43.2 Å². The van der Waals surface area contributed by atoms with Gasteiger partial charge in [-0.3, -0.25) is 14.4 Å². The van der Waals surface area contributed by atoms with Crippen molar-refractivity contribution in [1.82, 2.24) is 15.5 Å². The second-order valence-corrected chi connectivity index (χ2v) is 10.3. The Morgan fingerprint density at radius 1 is 0.909 bits per heavy atom. The molecule has 7 heterocycles. The maximum absolute atomic E-state index is 13.7. The fourth-order valence-electron chi connectivity index (χ4n) is 5.12. The first-order valence-electron chi connectivity index (χ1n) is 14.2. The minimum Gasteiger partial charge on any atom is -0.493 e. The highest BCUT2D eigenvalue weighted by atomic mass is 16.5. The molecule has 1 spiro atoms. The number of piperidine rings is 1. The van der Waals surface area contributed by atoms with Gasteiger partial charge >= 0.3 is 0 Å². The number of benzene rings is 3. The standard InChI is InChI=1S/C32H35N3O9/c1-40-27-17-21-3-9-25(27)43-26-10-4-22(18-28(26)41-2)30(38)33-13-16-42-23-5-7-24(8-6-23)44-32(31(39)34-19-21)11-14-35(15-12-32)29(37)20-36/h3-10,17-18,36H,11-16,19-20H2,1-2H3,(H,33,38)(H,34,39). The molecule has 7 aliphatic heterocycles. The van der Waals surface area contributed by atoms with Crippen LogP contribution in [-0.2, 0) is 16.1 Å². The normalized spacial score (nSPS) is 16.8. The van der Waals surface area contributed by atoms with E-state index in [4.69, 9.17) is 23.7 Å². The molecule has 3 aromatic rings. The quantitative estimate of drug-likeness (QED) is 0.410. The summed E-state index contributed by atoms with van der Waals surface area (Å²) in [6.07, 6.45) is 0.470. The third kappa shape index (κ3) is 6.81. The molecule has 0 saturated carbocycles. The largest absolute Gasteiger partial charge is 0.493 e. The molecule has 0 unspecified atom stereocenters. The molecule has 0 radical (unpaired) electrons. The molecule has 7 aliphatic rings. The summed E-state index contributed by atoms with van der Waals surface area (Å²) in [6.45, 7) is 0.576. The van der Waals surface area contributed by atoms with Crippen molar-refractivity contribution in [2.75, 3.05) is 47.1 Å². The van der Waals surface area contributed by atoms with Crippen molar-refractivity contribution >= 4 is 17.7 Å². The third-order valence-electron chi connectivity index (χ3n) is 7.59. The lowest BCUT2D eigenvalue weighted by Crippen LogP contribution is -2.58. The van der Waals surface area contributed by atoms with Crippen LogP contribution in [0.25, 0.3) is 0 Å². The summed E-state index contributed by atoms with van der Waals surface area (Å²) in [5, 5.41) is 15.1. The summed E-state index contributed by atoms with van der Waals surface area (Å²) in [7, 11) is 3.00. The number of likely N-dealkylation sites (tertiary alicyclic amines) is 1. The monoisotopic (exact) mass is 605 g/mol. The Labute approximate surface area is 254 Å². The van der Waals surface area contributed by atoms with Crippen LogP contribution in [0.5, 0.6) is 34.5 Å². The van der Waals surface area contributed by atoms with Gasteiger partial charge in [-0.05, 0) is 60.2 Å². The Morgan fingerprint density at radius 2 is 1.57 bits per heavy atom. The van der Waals surface area contributed by atoms with E-state index in [1.54, 1.807) is 60.7 Å². The number of ether oxygens (including phenoxy) is 5. The highest BCUT2D eigenvalue weighted by Gasteiger charge is 2.44. The van der Waals surface area contributed by atoms with Crippen LogP contribution >= 0.6 is 0 Å². The average Bonchev–Trinajstić information content (AvgIpc) is 3.06. The molecule has 12 heteroatoms. The first kappa shape index (κ1) is 30.5. The van der Waals surface area contributed by atoms with Gasteiger partial charge in [-0.2, -0.15) is 0 Å². The van der Waals surface area contributed by atoms with E-state index in [9.17, 15) is 19.5 Å². The molecular formula is C32H35N3O9. The first-order chi connectivity index (χ1) is 21.3. The van der Waals surface area contributed by atoms with Gasteiger partial charge in [0.2, 0.25) is 5.91 Å². The molecule has 3 aromatic carbocycles. The van der Waals surface area contributed by atoms with E-state index < -0.39 is 18.1 Å². The van der Waals surface area contributed by atoms with Gasteiger partial charge in [0, 0.05) is 38.0 Å². The predicted molar refractivity (Wildman–Crippen MR) is 158 cm³/mol. The molecule has 3 amide bonds. The minimum absolute atomic E-state index is 0.180. The number of nitrogens with one attached hydrogen (secondary N) is 2. The average molecular weight is 606 g/mol. The van der Waals surface area contributed by atoms with Gasteiger partial charge in [0.25, 0.3) is 11.8 Å². The van der Waals surface area contributed by atoms with E-state index in [0.29, 0.717) is 40.1 Å². The number of aliphatic hydroxyl groups excluding tert-OH is 1. The van der Waals surface area contributed by atoms with E-state index in [2.05, 4.69) is 10.6 Å². The van der Waals surface area contributed by atoms with E-state index in [-0.39, 0.29) is 57.4 Å². The third-order valence-corrected chi connectivity index (χ3v) is 7.59. The topological polar surface area (TPSA) is 145 Å². The zero-order valence-electron chi connectivity index (χ0n) is 24.6. The number of aliphatic hydroxyl groups is 1. The maximum Gasteiger partial charge on any atom is 0.264 e. The van der Waals surface area contributed by atoms with Gasteiger partial charge < -0.3 is 44.3 Å². The van der Waals surface area contributed by atoms with Crippen LogP contribution in [0.4, 0.5) is 0 Å². The lowest BCUT2D eigenvalue weighted by molar-refractivity contribution is -0.147. The number of rotatable bonds is 3. The molecule has 1 saturated heterocycles. The Bertz CT molecular complexity index is 1500. The highest BCUT2D eigenvalue weighted by molar-refractivity contribution is 5.95. The lowest BCUT2D eigenvalue weighted by atomic mass is 9.89. The number of hydrogen-bond donors (Lipinski definition) is 3. The predicted octanol–water partition coefficient (Wildman–Crippen LogP) is 2.67. The molecule has 10 rings (SSSR count). The molecular weight excluding hydrogens is 570 g/mol. The number of nitrogens with zero attached hydrogens (tertiary/aromatic N) is 1. The van der Waals surface area contributed by atoms with Gasteiger partial charge in [0.15, 0.2) is 28.6 Å². The second-order valence-electron chi connectivity index (χ2n) is 10.3. The smallest absolute Gasteiger partial charge is 0.264 e. The molecule has 1 fully saturated rings. The zero-order valence-corrected chi connectivity index (χ0v) is 24.6. The number of methoxy groups -OCH3 is 2. The van der Waals surface area contributed by atoms with Crippen LogP contribution in [0.1, 0.15) is 28.8 Å². The summed E-state index contributed by atoms with van der Waals surface area (Å²) < 4.78 is 29.3. The van der Waals surface area contributed by atoms with Crippen molar-refractivity contribution in [3.63, 3.8) is 0 Å². The molecule has 12 nitrogen and oxygen atoms in total. The molecule has 0 aliphatic carbocycles. The Balaban J connectivity index is 1.44. The summed E-state index contributed by atoms with van der Waals surface area (Å²) in [4.78, 5) is 40.1. The Kier molecular flexibility index (Phi) is 9.39. The van der Waals surface area contributed by atoms with Crippen molar-refractivity contribution in [2.24, 2.45) is 0 Å². The van der Waals surface area contributed by atoms with Gasteiger partial charge in [-0.15, -0.1) is 0 Å². The fourth-order valence-corrected chi connectivity index (χ4v) is 5.12. The summed E-state index contributed by atoms with van der Waals surface area (Å²) in [5.74, 6) is 1.60. The summed E-state index contributed by atoms with van der Waals surface area (Å²) in [5.41, 5.74) is -0.0961. The summed E-state index contributed by atoms with van der Waals surface area (Å²) >= 11 is 0. The van der Waals surface area contributed by atoms with Crippen LogP contribution in [-0.4, -0.2) is 80.4 Å². The van der Waals surface area contributed by atoms with Crippen LogP contribution < -0.4 is 34.3 Å². The Hall–Kier alpha value is -4.97. The SMILES string of the molecule is COc1cc2ccc1Oc1ccc(cc1OC)C(=O)NCCOc1ccc(cc1)OC1(CCN(C(=O)CO)CC1)C(=O)NC2. The van der Waals surface area contributed by atoms with E-state index in [0.717, 1.165) is 5.56 Å². The maximum atomic E-state index is 13.7. The van der Waals surface area contributed by atoms with E-state index >= 15 is 0 Å². The van der Waals surface area contributed by atoms with Gasteiger partial charge in [0.1, 0.15) is 24.7 Å². The van der Waals surface area contributed by atoms with Gasteiger partial charge in [0.05, 0.1) is 20.8 Å². The highest BCUT2D eigenvalue weighted by Crippen LogP contribution is 2.38. The molecule has 232 valence electrons. The first-order valence-corrected chi connectivity index (χ1v) is 14.2. The van der Waals surface area contributed by atoms with Crippen LogP contribution in [0.2, 0.25) is 0 Å². The van der Waals surface area contributed by atoms with Crippen LogP contribution in [0.15, 0.2) is 60.7 Å². The number of carbonyl (C=O) groups excluding carboxylic acids is 3. The molecule has 44 heavy (non-hydrogen) atoms. The van der Waals surface area contributed by atoms with Gasteiger partial charge in [-0.25, -0.2) is 0 Å². The van der Waals surface area contributed by atoms with Crippen molar-refractivity contribution in [3.8, 4) is 34.5 Å². The van der Waals surface area contributed by atoms with Gasteiger partial charge in [-0.1, -0.05) is 6.07 Å². The minimum atomic E-state index is -1.25. The Morgan fingerprint density at radius 3 is 2.25 bits per heavy atom. The lowest BCUT2D eigenvalue weighted by Gasteiger charge is -2.40. The van der Waals surface area contributed by atoms with Crippen LogP contribution in [0, 0.1) is 0 Å². The zero-order chi connectivity index (χ0) is 31.1. The van der Waals surface area contributed by atoms with Crippen molar-refractivity contribution in [3.05, 3.63) is 71.8 Å². The molecule has 3 N–H and O–H groups in total. The number of carbonyl (C=O) groups is 3. The fraction of sp³-hybridized carbons (Fsp3) is 0.344. The van der Waals surface area contributed by atoms with Crippen LogP contribution in [0.3, 0.4) is 0 Å². The summed E-state index contributed by atoms with van der Waals surface area (Å²) in [6, 6.07) is 17.0. The molecule has 6 bridgehead atoms. The molecule has 0 aromatic heterocycles. The van der Waals surface area contributed by atoms with E-state index in [1.807, 2.05) is 0 Å². The van der Waals surface area contributed by atoms with Crippen molar-refractivity contribution in [2.45, 2.75) is 25.0 Å². The van der Waals surface area contributed by atoms with E-state index in [1.165, 1.54) is 19.1 Å². The van der Waals surface area contributed by atoms with Crippen molar-refractivity contribution in [1.29, 1.82) is 0 Å². The number of hydrogen-bond acceptors (Lipinski definition) is 9.